The third-order valence-corrected chi connectivity index (χ3v) is 3.56. The van der Waals surface area contributed by atoms with Gasteiger partial charge in [0.2, 0.25) is 0 Å². The van der Waals surface area contributed by atoms with Crippen LogP contribution in [-0.2, 0) is 23.2 Å². The van der Waals surface area contributed by atoms with Crippen LogP contribution in [0.4, 0.5) is 5.69 Å². The number of aromatic nitrogens is 2. The van der Waals surface area contributed by atoms with Gasteiger partial charge in [0.05, 0.1) is 10.6 Å². The van der Waals surface area contributed by atoms with Crippen LogP contribution in [-0.4, -0.2) is 20.7 Å². The molecule has 1 aromatic heterocycles. The summed E-state index contributed by atoms with van der Waals surface area (Å²) < 4.78 is 6.58. The summed E-state index contributed by atoms with van der Waals surface area (Å²) in [7, 11) is 1.71. The number of benzene rings is 1. The van der Waals surface area contributed by atoms with E-state index in [1.165, 1.54) is 35.0 Å². The quantitative estimate of drug-likeness (QED) is 0.363. The first-order valence-electron chi connectivity index (χ1n) is 6.65. The Morgan fingerprint density at radius 3 is 2.61 bits per heavy atom. The maximum absolute atomic E-state index is 11.7. The van der Waals surface area contributed by atoms with Gasteiger partial charge in [0.25, 0.3) is 5.69 Å². The first-order valence-corrected chi connectivity index (χ1v) is 7.03. The van der Waals surface area contributed by atoms with Crippen molar-refractivity contribution in [2.75, 3.05) is 0 Å². The molecule has 0 bridgehead atoms. The van der Waals surface area contributed by atoms with Crippen LogP contribution in [0.5, 0.6) is 0 Å². The SMILES string of the molecule is Cc1nn(C)c(Cl)c1/C=C/C(=O)OCc1ccc([N+](=O)[O-])cc1. The molecule has 1 aromatic carbocycles. The number of hydrogen-bond donors (Lipinski definition) is 0. The Morgan fingerprint density at radius 1 is 1.43 bits per heavy atom. The van der Waals surface area contributed by atoms with Crippen LogP contribution in [0.3, 0.4) is 0 Å². The van der Waals surface area contributed by atoms with Crippen molar-refractivity contribution in [3.63, 3.8) is 0 Å². The van der Waals surface area contributed by atoms with Crippen molar-refractivity contribution < 1.29 is 14.5 Å². The van der Waals surface area contributed by atoms with E-state index in [9.17, 15) is 14.9 Å². The lowest BCUT2D eigenvalue weighted by atomic mass is 10.2. The Labute approximate surface area is 137 Å². The maximum atomic E-state index is 11.7. The molecule has 0 aliphatic carbocycles. The van der Waals surface area contributed by atoms with Gasteiger partial charge in [0.15, 0.2) is 0 Å². The molecule has 7 nitrogen and oxygen atoms in total. The molecule has 0 aliphatic rings. The monoisotopic (exact) mass is 335 g/mol. The van der Waals surface area contributed by atoms with E-state index in [1.807, 2.05) is 0 Å². The average molecular weight is 336 g/mol. The molecule has 0 aliphatic heterocycles. The minimum atomic E-state index is -0.539. The molecule has 2 aromatic rings. The van der Waals surface area contributed by atoms with Crippen molar-refractivity contribution in [3.05, 3.63) is 62.4 Å². The molecule has 0 amide bonds. The lowest BCUT2D eigenvalue weighted by Gasteiger charge is -2.02. The highest BCUT2D eigenvalue weighted by molar-refractivity contribution is 6.31. The average Bonchev–Trinajstić information content (AvgIpc) is 2.76. The highest BCUT2D eigenvalue weighted by atomic mass is 35.5. The lowest BCUT2D eigenvalue weighted by molar-refractivity contribution is -0.384. The fourth-order valence-corrected chi connectivity index (χ4v) is 2.14. The van der Waals surface area contributed by atoms with E-state index >= 15 is 0 Å². The predicted molar refractivity (Wildman–Crippen MR) is 84.9 cm³/mol. The first kappa shape index (κ1) is 16.7. The summed E-state index contributed by atoms with van der Waals surface area (Å²) in [5.74, 6) is -0.539. The van der Waals surface area contributed by atoms with Crippen LogP contribution in [0.15, 0.2) is 30.3 Å². The number of hydrogen-bond acceptors (Lipinski definition) is 5. The van der Waals surface area contributed by atoms with Gasteiger partial charge in [0, 0.05) is 30.8 Å². The topological polar surface area (TPSA) is 87.3 Å². The van der Waals surface area contributed by atoms with Gasteiger partial charge in [-0.1, -0.05) is 11.6 Å². The number of aryl methyl sites for hydroxylation is 2. The van der Waals surface area contributed by atoms with Crippen LogP contribution in [0.2, 0.25) is 5.15 Å². The fourth-order valence-electron chi connectivity index (χ4n) is 1.90. The van der Waals surface area contributed by atoms with Gasteiger partial charge in [-0.05, 0) is 30.7 Å². The summed E-state index contributed by atoms with van der Waals surface area (Å²) in [5, 5.41) is 15.1. The zero-order chi connectivity index (χ0) is 17.0. The van der Waals surface area contributed by atoms with Gasteiger partial charge in [0.1, 0.15) is 11.8 Å². The van der Waals surface area contributed by atoms with E-state index < -0.39 is 10.9 Å². The second-order valence-electron chi connectivity index (χ2n) is 4.78. The molecule has 0 saturated heterocycles. The third kappa shape index (κ3) is 4.17. The number of nitro benzene ring substituents is 1. The number of ether oxygens (including phenoxy) is 1. The highest BCUT2D eigenvalue weighted by Crippen LogP contribution is 2.20. The number of esters is 1. The van der Waals surface area contributed by atoms with Gasteiger partial charge in [-0.25, -0.2) is 4.79 Å². The Morgan fingerprint density at radius 2 is 2.09 bits per heavy atom. The summed E-state index contributed by atoms with van der Waals surface area (Å²) in [5.41, 5.74) is 2.01. The van der Waals surface area contributed by atoms with Crippen LogP contribution >= 0.6 is 11.6 Å². The van der Waals surface area contributed by atoms with Crippen LogP contribution in [0.1, 0.15) is 16.8 Å². The van der Waals surface area contributed by atoms with Gasteiger partial charge in [-0.2, -0.15) is 5.10 Å². The van der Waals surface area contributed by atoms with Crippen molar-refractivity contribution >= 4 is 29.3 Å². The van der Waals surface area contributed by atoms with Crippen molar-refractivity contribution in [2.24, 2.45) is 7.05 Å². The van der Waals surface area contributed by atoms with Crippen molar-refractivity contribution in [1.82, 2.24) is 9.78 Å². The van der Waals surface area contributed by atoms with Gasteiger partial charge in [-0.3, -0.25) is 14.8 Å². The summed E-state index contributed by atoms with van der Waals surface area (Å²) in [6, 6.07) is 5.80. The van der Waals surface area contributed by atoms with E-state index in [4.69, 9.17) is 16.3 Å². The second kappa shape index (κ2) is 7.06. The Kier molecular flexibility index (Phi) is 5.13. The van der Waals surface area contributed by atoms with E-state index in [-0.39, 0.29) is 12.3 Å². The summed E-state index contributed by atoms with van der Waals surface area (Å²) >= 11 is 6.05. The normalized spacial score (nSPS) is 10.9. The van der Waals surface area contributed by atoms with Crippen LogP contribution in [0, 0.1) is 17.0 Å². The standard InChI is InChI=1S/C15H14ClN3O4/c1-10-13(15(16)18(2)17-10)7-8-14(20)23-9-11-3-5-12(6-4-11)19(21)22/h3-8H,9H2,1-2H3/b8-7+. The minimum Gasteiger partial charge on any atom is -0.458 e. The molecule has 0 fully saturated rings. The molecule has 1 heterocycles. The molecule has 23 heavy (non-hydrogen) atoms. The molecule has 0 saturated carbocycles. The molecule has 8 heteroatoms. The highest BCUT2D eigenvalue weighted by Gasteiger charge is 2.09. The molecular formula is C15H14ClN3O4. The number of rotatable bonds is 5. The molecule has 120 valence electrons. The van der Waals surface area contributed by atoms with Crippen LogP contribution in [0.25, 0.3) is 6.08 Å². The van der Waals surface area contributed by atoms with Crippen molar-refractivity contribution in [1.29, 1.82) is 0 Å². The van der Waals surface area contributed by atoms with E-state index in [0.717, 1.165) is 0 Å². The fraction of sp³-hybridized carbons (Fsp3) is 0.200. The smallest absolute Gasteiger partial charge is 0.331 e. The maximum Gasteiger partial charge on any atom is 0.331 e. The minimum absolute atomic E-state index is 0.0123. The number of carbonyl (C=O) groups excluding carboxylic acids is 1. The number of nitrogens with zero attached hydrogens (tertiary/aromatic N) is 3. The van der Waals surface area contributed by atoms with Crippen molar-refractivity contribution in [2.45, 2.75) is 13.5 Å². The van der Waals surface area contributed by atoms with E-state index in [1.54, 1.807) is 20.0 Å². The molecule has 0 unspecified atom stereocenters. The number of carbonyl (C=O) groups is 1. The first-order chi connectivity index (χ1) is 10.9. The number of halogens is 1. The molecule has 0 spiro atoms. The zero-order valence-corrected chi connectivity index (χ0v) is 13.3. The predicted octanol–water partition coefficient (Wildman–Crippen LogP) is 3.05. The summed E-state index contributed by atoms with van der Waals surface area (Å²) in [6.45, 7) is 1.81. The number of nitro groups is 1. The summed E-state index contributed by atoms with van der Waals surface area (Å²) in [4.78, 5) is 21.8. The molecule has 0 N–H and O–H groups in total. The largest absolute Gasteiger partial charge is 0.458 e. The van der Waals surface area contributed by atoms with E-state index in [2.05, 4.69) is 5.10 Å². The van der Waals surface area contributed by atoms with Gasteiger partial charge < -0.3 is 4.74 Å². The summed E-state index contributed by atoms with van der Waals surface area (Å²) in [6.07, 6.45) is 2.81. The Hall–Kier alpha value is -2.67. The molecule has 0 radical (unpaired) electrons. The second-order valence-corrected chi connectivity index (χ2v) is 5.14. The van der Waals surface area contributed by atoms with E-state index in [0.29, 0.717) is 22.0 Å². The lowest BCUT2D eigenvalue weighted by Crippen LogP contribution is -2.01. The Balaban J connectivity index is 1.94. The van der Waals surface area contributed by atoms with Gasteiger partial charge >= 0.3 is 5.97 Å². The third-order valence-electron chi connectivity index (χ3n) is 3.11. The molecule has 0 atom stereocenters. The zero-order valence-electron chi connectivity index (χ0n) is 12.5. The molecule has 2 rings (SSSR count). The van der Waals surface area contributed by atoms with Gasteiger partial charge in [-0.15, -0.1) is 0 Å². The van der Waals surface area contributed by atoms with Crippen LogP contribution < -0.4 is 0 Å². The van der Waals surface area contributed by atoms with Crippen molar-refractivity contribution in [3.8, 4) is 0 Å². The Bertz CT molecular complexity index is 766. The molecular weight excluding hydrogens is 322 g/mol. The number of non-ortho nitro benzene ring substituents is 1.